The van der Waals surface area contributed by atoms with Crippen LogP contribution in [0.1, 0.15) is 34.6 Å². The highest BCUT2D eigenvalue weighted by molar-refractivity contribution is 5.73. The van der Waals surface area contributed by atoms with Crippen molar-refractivity contribution < 1.29 is 4.79 Å². The van der Waals surface area contributed by atoms with E-state index in [2.05, 4.69) is 19.2 Å². The first kappa shape index (κ1) is 9.47. The van der Waals surface area contributed by atoms with Gasteiger partial charge in [-0.1, -0.05) is 13.8 Å². The topological polar surface area (TPSA) is 29.1 Å². The Morgan fingerprint density at radius 1 is 1.40 bits per heavy atom. The van der Waals surface area contributed by atoms with E-state index in [1.54, 1.807) is 6.92 Å². The van der Waals surface area contributed by atoms with Gasteiger partial charge in [0.15, 0.2) is 0 Å². The lowest BCUT2D eigenvalue weighted by Crippen LogP contribution is -2.46. The van der Waals surface area contributed by atoms with Crippen molar-refractivity contribution in [3.05, 3.63) is 0 Å². The maximum atomic E-state index is 10.7. The van der Waals surface area contributed by atoms with Crippen molar-refractivity contribution in [1.82, 2.24) is 5.32 Å². The molecule has 0 aliphatic heterocycles. The minimum absolute atomic E-state index is 0.0405. The Kier molecular flexibility index (Phi) is 2.88. The number of hydrogen-bond acceptors (Lipinski definition) is 1. The molecule has 0 aliphatic carbocycles. The largest absolute Gasteiger partial charge is 0.351 e. The zero-order valence-corrected chi connectivity index (χ0v) is 7.49. The lowest BCUT2D eigenvalue weighted by atomic mass is 9.91. The summed E-state index contributed by atoms with van der Waals surface area (Å²) in [6, 6.07) is 0. The van der Waals surface area contributed by atoms with E-state index in [1.807, 2.05) is 13.8 Å². The average molecular weight is 143 g/mol. The molecule has 0 aromatic carbocycles. The van der Waals surface area contributed by atoms with Gasteiger partial charge in [-0.2, -0.15) is 0 Å². The fraction of sp³-hybridized carbons (Fsp3) is 0.875. The van der Waals surface area contributed by atoms with E-state index >= 15 is 0 Å². The van der Waals surface area contributed by atoms with Crippen molar-refractivity contribution in [2.24, 2.45) is 5.92 Å². The molecule has 0 saturated heterocycles. The zero-order chi connectivity index (χ0) is 8.36. The van der Waals surface area contributed by atoms with Crippen LogP contribution in [0.5, 0.6) is 0 Å². The van der Waals surface area contributed by atoms with Crippen LogP contribution in [-0.4, -0.2) is 11.4 Å². The van der Waals surface area contributed by atoms with Gasteiger partial charge in [0.05, 0.1) is 0 Å². The van der Waals surface area contributed by atoms with Crippen molar-refractivity contribution >= 4 is 5.91 Å². The molecular formula is C8H17NO. The number of nitrogens with one attached hydrogen (secondary N) is 1. The van der Waals surface area contributed by atoms with Gasteiger partial charge in [0.2, 0.25) is 5.91 Å². The first-order valence-electron chi connectivity index (χ1n) is 3.65. The third-order valence-corrected chi connectivity index (χ3v) is 1.94. The van der Waals surface area contributed by atoms with E-state index < -0.39 is 0 Å². The van der Waals surface area contributed by atoms with E-state index in [0.717, 1.165) is 0 Å². The zero-order valence-electron chi connectivity index (χ0n) is 7.49. The van der Waals surface area contributed by atoms with Crippen LogP contribution in [0.4, 0.5) is 0 Å². The average Bonchev–Trinajstić information content (AvgIpc) is 1.60. The van der Waals surface area contributed by atoms with Crippen LogP contribution in [0, 0.1) is 5.92 Å². The Hall–Kier alpha value is -0.530. The molecule has 0 spiro atoms. The Labute approximate surface area is 63.0 Å². The Balaban J connectivity index is 3.99. The van der Waals surface area contributed by atoms with E-state index in [1.165, 1.54) is 0 Å². The molecule has 0 saturated carbocycles. The number of rotatable bonds is 2. The van der Waals surface area contributed by atoms with Gasteiger partial charge in [0.1, 0.15) is 0 Å². The molecule has 2 heteroatoms. The summed E-state index contributed by atoms with van der Waals surface area (Å²) >= 11 is 0. The van der Waals surface area contributed by atoms with Crippen LogP contribution in [0.3, 0.4) is 0 Å². The number of hydrogen-bond donors (Lipinski definition) is 1. The quantitative estimate of drug-likeness (QED) is 0.624. The van der Waals surface area contributed by atoms with Crippen LogP contribution in [0.25, 0.3) is 0 Å². The fourth-order valence-electron chi connectivity index (χ4n) is 0.598. The third-order valence-electron chi connectivity index (χ3n) is 1.94. The molecule has 0 rings (SSSR count). The molecule has 1 amide bonds. The van der Waals surface area contributed by atoms with Crippen LogP contribution in [0.2, 0.25) is 0 Å². The summed E-state index contributed by atoms with van der Waals surface area (Å²) in [5.74, 6) is 0.509. The maximum absolute atomic E-state index is 10.7. The monoisotopic (exact) mass is 143 g/mol. The van der Waals surface area contributed by atoms with Crippen LogP contribution >= 0.6 is 0 Å². The van der Waals surface area contributed by atoms with E-state index in [4.69, 9.17) is 0 Å². The second kappa shape index (κ2) is 3.04. The minimum Gasteiger partial charge on any atom is -0.351 e. The first-order valence-corrected chi connectivity index (χ1v) is 3.65. The second-order valence-corrected chi connectivity index (χ2v) is 3.56. The molecule has 0 radical (unpaired) electrons. The van der Waals surface area contributed by atoms with Gasteiger partial charge < -0.3 is 5.32 Å². The van der Waals surface area contributed by atoms with Gasteiger partial charge in [-0.25, -0.2) is 0 Å². The summed E-state index contributed by atoms with van der Waals surface area (Å²) in [6.45, 7) is 9.79. The molecule has 1 N–H and O–H groups in total. The predicted octanol–water partition coefficient (Wildman–Crippen LogP) is 1.56. The van der Waals surface area contributed by atoms with Gasteiger partial charge in [-0.3, -0.25) is 4.79 Å². The van der Waals surface area contributed by atoms with Crippen molar-refractivity contribution in [2.45, 2.75) is 40.2 Å². The predicted molar refractivity (Wildman–Crippen MR) is 42.7 cm³/mol. The van der Waals surface area contributed by atoms with Crippen molar-refractivity contribution in [1.29, 1.82) is 0 Å². The SMILES string of the molecule is CC(=O)NC(C)(C)C(C)C. The first-order chi connectivity index (χ1) is 4.36. The van der Waals surface area contributed by atoms with Gasteiger partial charge in [-0.05, 0) is 19.8 Å². The normalized spacial score (nSPS) is 11.8. The lowest BCUT2D eigenvalue weighted by molar-refractivity contribution is -0.121. The smallest absolute Gasteiger partial charge is 0.217 e. The Morgan fingerprint density at radius 3 is 1.90 bits per heavy atom. The third kappa shape index (κ3) is 2.85. The van der Waals surface area contributed by atoms with E-state index in [0.29, 0.717) is 5.92 Å². The molecule has 0 aromatic rings. The van der Waals surface area contributed by atoms with Gasteiger partial charge in [0.25, 0.3) is 0 Å². The molecule has 0 aromatic heterocycles. The Morgan fingerprint density at radius 2 is 1.80 bits per heavy atom. The van der Waals surface area contributed by atoms with Gasteiger partial charge >= 0.3 is 0 Å². The van der Waals surface area contributed by atoms with Crippen molar-refractivity contribution in [3.63, 3.8) is 0 Å². The number of carbonyl (C=O) groups is 1. The van der Waals surface area contributed by atoms with Crippen LogP contribution < -0.4 is 5.32 Å². The summed E-state index contributed by atoms with van der Waals surface area (Å²) in [5.41, 5.74) is -0.0775. The summed E-state index contributed by atoms with van der Waals surface area (Å²) in [6.07, 6.45) is 0. The van der Waals surface area contributed by atoms with E-state index in [-0.39, 0.29) is 11.4 Å². The fourth-order valence-corrected chi connectivity index (χ4v) is 0.598. The summed E-state index contributed by atoms with van der Waals surface area (Å²) in [7, 11) is 0. The minimum atomic E-state index is -0.0775. The molecular weight excluding hydrogens is 126 g/mol. The Bertz CT molecular complexity index is 127. The highest BCUT2D eigenvalue weighted by atomic mass is 16.1. The molecule has 0 fully saturated rings. The molecule has 0 atom stereocenters. The molecule has 10 heavy (non-hydrogen) atoms. The standard InChI is InChI=1S/C8H17NO/c1-6(2)8(4,5)9-7(3)10/h6H,1-5H3,(H,9,10). The highest BCUT2D eigenvalue weighted by Gasteiger charge is 2.22. The highest BCUT2D eigenvalue weighted by Crippen LogP contribution is 2.14. The molecule has 60 valence electrons. The summed E-state index contributed by atoms with van der Waals surface area (Å²) < 4.78 is 0. The van der Waals surface area contributed by atoms with Crippen LogP contribution in [-0.2, 0) is 4.79 Å². The van der Waals surface area contributed by atoms with Gasteiger partial charge in [0, 0.05) is 12.5 Å². The molecule has 0 unspecified atom stereocenters. The number of amides is 1. The molecule has 0 aliphatic rings. The van der Waals surface area contributed by atoms with Crippen LogP contribution in [0.15, 0.2) is 0 Å². The molecule has 0 heterocycles. The van der Waals surface area contributed by atoms with Crippen molar-refractivity contribution in [2.75, 3.05) is 0 Å². The lowest BCUT2D eigenvalue weighted by Gasteiger charge is -2.29. The second-order valence-electron chi connectivity index (χ2n) is 3.56. The van der Waals surface area contributed by atoms with Crippen molar-refractivity contribution in [3.8, 4) is 0 Å². The summed E-state index contributed by atoms with van der Waals surface area (Å²) in [5, 5.41) is 2.88. The number of carbonyl (C=O) groups excluding carboxylic acids is 1. The summed E-state index contributed by atoms with van der Waals surface area (Å²) in [4.78, 5) is 10.7. The molecule has 0 bridgehead atoms. The van der Waals surface area contributed by atoms with E-state index in [9.17, 15) is 4.79 Å². The van der Waals surface area contributed by atoms with Gasteiger partial charge in [-0.15, -0.1) is 0 Å². The maximum Gasteiger partial charge on any atom is 0.217 e. The molecule has 2 nitrogen and oxygen atoms in total.